The third-order valence-electron chi connectivity index (χ3n) is 8.58. The van der Waals surface area contributed by atoms with E-state index in [1.807, 2.05) is 0 Å². The summed E-state index contributed by atoms with van der Waals surface area (Å²) in [6.45, 7) is 7.92. The van der Waals surface area contributed by atoms with Crippen LogP contribution in [0.3, 0.4) is 0 Å². The van der Waals surface area contributed by atoms with Crippen molar-refractivity contribution in [3.63, 3.8) is 0 Å². The lowest BCUT2D eigenvalue weighted by Gasteiger charge is -2.54. The van der Waals surface area contributed by atoms with E-state index in [4.69, 9.17) is 4.74 Å². The van der Waals surface area contributed by atoms with Crippen molar-refractivity contribution in [3.8, 4) is 0 Å². The highest BCUT2D eigenvalue weighted by molar-refractivity contribution is 5.74. The SMILES string of the molecule is C=C(C)[C@@]1(O)[C@H](O)[C@@H](O)[C@@]23[C@H](O)[C@@H](C[C@H](O)[C@H]2[C@@]2(C)OC(=O)C[C@@H]21)[C@](C)(O)[C@@H]3O. The zero-order valence-electron chi connectivity index (χ0n) is 16.7. The zero-order valence-corrected chi connectivity index (χ0v) is 16.7. The van der Waals surface area contributed by atoms with E-state index in [0.717, 1.165) is 0 Å². The van der Waals surface area contributed by atoms with Crippen molar-refractivity contribution < 1.29 is 45.3 Å². The smallest absolute Gasteiger partial charge is 0.306 e. The van der Waals surface area contributed by atoms with Gasteiger partial charge in [0.05, 0.1) is 41.9 Å². The molecule has 4 aliphatic rings. The highest BCUT2D eigenvalue weighted by Crippen LogP contribution is 2.68. The van der Waals surface area contributed by atoms with Gasteiger partial charge in [-0.3, -0.25) is 4.79 Å². The fourth-order valence-corrected chi connectivity index (χ4v) is 7.26. The summed E-state index contributed by atoms with van der Waals surface area (Å²) in [4.78, 5) is 12.3. The predicted octanol–water partition coefficient (Wildman–Crippen LogP) is -2.18. The van der Waals surface area contributed by atoms with E-state index < -0.39 is 76.5 Å². The highest BCUT2D eigenvalue weighted by Gasteiger charge is 2.82. The number of fused-ring (bicyclic) bond motifs is 3. The van der Waals surface area contributed by atoms with E-state index in [0.29, 0.717) is 0 Å². The van der Waals surface area contributed by atoms with E-state index in [1.54, 1.807) is 0 Å². The maximum absolute atomic E-state index is 12.3. The summed E-state index contributed by atoms with van der Waals surface area (Å²) in [5.74, 6) is -4.05. The number of hydrogen-bond acceptors (Lipinski definition) is 9. The first kappa shape index (κ1) is 21.2. The molecule has 0 unspecified atom stereocenters. The number of rotatable bonds is 1. The summed E-state index contributed by atoms with van der Waals surface area (Å²) in [6.07, 6.45) is -8.94. The van der Waals surface area contributed by atoms with Crippen LogP contribution in [0.1, 0.15) is 33.6 Å². The topological polar surface area (TPSA) is 168 Å². The molecule has 1 heterocycles. The molecule has 0 aromatic rings. The summed E-state index contributed by atoms with van der Waals surface area (Å²) in [5, 5.41) is 78.4. The maximum atomic E-state index is 12.3. The number of hydrogen-bond donors (Lipinski definition) is 7. The summed E-state index contributed by atoms with van der Waals surface area (Å²) in [7, 11) is 0. The monoisotopic (exact) mass is 414 g/mol. The molecule has 1 spiro atoms. The van der Waals surface area contributed by atoms with E-state index in [9.17, 15) is 40.5 Å². The number of carbonyl (C=O) groups is 1. The highest BCUT2D eigenvalue weighted by atomic mass is 16.6. The third-order valence-corrected chi connectivity index (χ3v) is 8.58. The van der Waals surface area contributed by atoms with Crippen LogP contribution in [0.5, 0.6) is 0 Å². The minimum Gasteiger partial charge on any atom is -0.458 e. The molecule has 0 amide bonds. The van der Waals surface area contributed by atoms with Gasteiger partial charge in [0.25, 0.3) is 0 Å². The summed E-state index contributed by atoms with van der Waals surface area (Å²) in [5.41, 5.74) is -7.74. The Bertz CT molecular complexity index is 767. The van der Waals surface area contributed by atoms with Gasteiger partial charge in [-0.05, 0) is 32.8 Å². The van der Waals surface area contributed by atoms with Gasteiger partial charge in [0.2, 0.25) is 0 Å². The van der Waals surface area contributed by atoms with Gasteiger partial charge in [-0.25, -0.2) is 0 Å². The molecule has 0 aromatic carbocycles. The molecule has 1 saturated heterocycles. The summed E-state index contributed by atoms with van der Waals surface area (Å²) >= 11 is 0. The molecule has 3 saturated carbocycles. The van der Waals surface area contributed by atoms with E-state index in [1.165, 1.54) is 20.8 Å². The second kappa shape index (κ2) is 5.79. The predicted molar refractivity (Wildman–Crippen MR) is 97.1 cm³/mol. The lowest BCUT2D eigenvalue weighted by molar-refractivity contribution is -0.245. The molecule has 4 fully saturated rings. The molecule has 4 rings (SSSR count). The van der Waals surface area contributed by atoms with Gasteiger partial charge in [-0.2, -0.15) is 0 Å². The molecule has 1 aliphatic heterocycles. The molecule has 0 aromatic heterocycles. The fourth-order valence-electron chi connectivity index (χ4n) is 7.26. The molecular weight excluding hydrogens is 384 g/mol. The van der Waals surface area contributed by atoms with Crippen LogP contribution in [0.4, 0.5) is 0 Å². The first-order valence-corrected chi connectivity index (χ1v) is 9.92. The Kier molecular flexibility index (Phi) is 4.23. The van der Waals surface area contributed by atoms with Gasteiger partial charge < -0.3 is 40.5 Å². The molecule has 9 heteroatoms. The lowest BCUT2D eigenvalue weighted by atomic mass is 9.55. The normalized spacial score (nSPS) is 61.5. The molecule has 0 radical (unpaired) electrons. The van der Waals surface area contributed by atoms with Crippen molar-refractivity contribution in [3.05, 3.63) is 12.2 Å². The summed E-state index contributed by atoms with van der Waals surface area (Å²) in [6, 6.07) is 0. The average Bonchev–Trinajstić information content (AvgIpc) is 2.96. The molecule has 12 atom stereocenters. The average molecular weight is 414 g/mol. The first-order valence-electron chi connectivity index (χ1n) is 9.92. The second-order valence-electron chi connectivity index (χ2n) is 9.87. The van der Waals surface area contributed by atoms with Crippen molar-refractivity contribution in [1.82, 2.24) is 0 Å². The van der Waals surface area contributed by atoms with Crippen molar-refractivity contribution in [2.45, 2.75) is 80.9 Å². The Morgan fingerprint density at radius 3 is 2.21 bits per heavy atom. The maximum Gasteiger partial charge on any atom is 0.306 e. The van der Waals surface area contributed by atoms with Crippen LogP contribution in [-0.4, -0.2) is 89.0 Å². The van der Waals surface area contributed by atoms with Crippen LogP contribution in [-0.2, 0) is 9.53 Å². The lowest BCUT2D eigenvalue weighted by Crippen LogP contribution is -2.67. The molecule has 3 aliphatic carbocycles. The van der Waals surface area contributed by atoms with Crippen LogP contribution in [0.25, 0.3) is 0 Å². The minimum absolute atomic E-state index is 0.0633. The van der Waals surface area contributed by atoms with E-state index in [-0.39, 0.29) is 18.4 Å². The second-order valence-corrected chi connectivity index (χ2v) is 9.87. The minimum atomic E-state index is -2.20. The van der Waals surface area contributed by atoms with Crippen LogP contribution in [0.2, 0.25) is 0 Å². The first-order chi connectivity index (χ1) is 13.2. The Hall–Kier alpha value is -1.07. The quantitative estimate of drug-likeness (QED) is 0.186. The van der Waals surface area contributed by atoms with Crippen LogP contribution in [0, 0.1) is 23.2 Å². The van der Waals surface area contributed by atoms with Gasteiger partial charge in [-0.15, -0.1) is 0 Å². The fraction of sp³-hybridized carbons (Fsp3) is 0.850. The summed E-state index contributed by atoms with van der Waals surface area (Å²) < 4.78 is 5.60. The largest absolute Gasteiger partial charge is 0.458 e. The Balaban J connectivity index is 2.06. The Morgan fingerprint density at radius 2 is 1.66 bits per heavy atom. The number of aliphatic hydroxyl groups excluding tert-OH is 5. The van der Waals surface area contributed by atoms with Gasteiger partial charge >= 0.3 is 5.97 Å². The molecule has 29 heavy (non-hydrogen) atoms. The van der Waals surface area contributed by atoms with Crippen LogP contribution < -0.4 is 0 Å². The van der Waals surface area contributed by atoms with Gasteiger partial charge in [-0.1, -0.05) is 6.58 Å². The number of ether oxygens (including phenoxy) is 1. The van der Waals surface area contributed by atoms with Crippen molar-refractivity contribution >= 4 is 5.97 Å². The number of esters is 1. The molecule has 2 bridgehead atoms. The number of aliphatic hydroxyl groups is 7. The zero-order chi connectivity index (χ0) is 21.9. The molecule has 9 nitrogen and oxygen atoms in total. The van der Waals surface area contributed by atoms with Gasteiger partial charge in [0.1, 0.15) is 17.3 Å². The standard InChI is InChI=1S/C20H30O9/c1-7(2)20(28)10-6-11(22)29-18(10,4)12-9(21)5-8-13(23)19(12,14(24)15(20)25)16(26)17(8,3)27/h8-10,12-16,21,23-28H,1,5-6H2,2-4H3/t8-,9+,10+,12+,13-,14-,15-,16+,17+,18+,19+,20+/m1/s1. The molecular formula is C20H30O9. The molecule has 164 valence electrons. The van der Waals surface area contributed by atoms with E-state index >= 15 is 0 Å². The Labute approximate surface area is 168 Å². The molecule has 7 N–H and O–H groups in total. The van der Waals surface area contributed by atoms with Gasteiger partial charge in [0, 0.05) is 17.8 Å². The van der Waals surface area contributed by atoms with E-state index in [2.05, 4.69) is 6.58 Å². The van der Waals surface area contributed by atoms with Gasteiger partial charge in [0.15, 0.2) is 0 Å². The van der Waals surface area contributed by atoms with Crippen molar-refractivity contribution in [1.29, 1.82) is 0 Å². The Morgan fingerprint density at radius 1 is 1.07 bits per heavy atom. The number of carbonyl (C=O) groups excluding carboxylic acids is 1. The van der Waals surface area contributed by atoms with Crippen molar-refractivity contribution in [2.24, 2.45) is 23.2 Å². The van der Waals surface area contributed by atoms with Crippen LogP contribution in [0.15, 0.2) is 12.2 Å². The van der Waals surface area contributed by atoms with Crippen LogP contribution >= 0.6 is 0 Å². The van der Waals surface area contributed by atoms with Crippen molar-refractivity contribution in [2.75, 3.05) is 0 Å². The third kappa shape index (κ3) is 2.07.